The zero-order valence-electron chi connectivity index (χ0n) is 17.8. The summed E-state index contributed by atoms with van der Waals surface area (Å²) in [6, 6.07) is 9.40. The number of benzene rings is 1. The van der Waals surface area contributed by atoms with E-state index in [9.17, 15) is 0 Å². The van der Waals surface area contributed by atoms with Crippen molar-refractivity contribution in [2.45, 2.75) is 65.7 Å². The first kappa shape index (κ1) is 24.1. The molecule has 1 saturated heterocycles. The van der Waals surface area contributed by atoms with Crippen molar-refractivity contribution in [1.29, 1.82) is 0 Å². The van der Waals surface area contributed by atoms with Gasteiger partial charge in [-0.3, -0.25) is 4.90 Å². The van der Waals surface area contributed by atoms with Crippen molar-refractivity contribution in [3.63, 3.8) is 0 Å². The highest BCUT2D eigenvalue weighted by Gasteiger charge is 2.19. The Labute approximate surface area is 196 Å². The lowest BCUT2D eigenvalue weighted by molar-refractivity contribution is 0.152. The number of nitrogens with zero attached hydrogens (tertiary/aromatic N) is 3. The molecule has 160 valence electrons. The van der Waals surface area contributed by atoms with Crippen LogP contribution in [0.5, 0.6) is 0 Å². The second-order valence-corrected chi connectivity index (χ2v) is 8.82. The normalized spacial score (nSPS) is 17.6. The molecule has 2 heterocycles. The molecule has 0 spiro atoms. The molecule has 0 radical (unpaired) electrons. The third-order valence-corrected chi connectivity index (χ3v) is 6.17. The SMILES string of the molecule is CCNC(=NCc1ccccc1CN1CCCCC1C)NCc1ncc(C)s1.I. The van der Waals surface area contributed by atoms with Gasteiger partial charge in [0, 0.05) is 30.2 Å². The highest BCUT2D eigenvalue weighted by atomic mass is 127. The number of aliphatic imine (C=N–C) groups is 1. The molecule has 1 aliphatic rings. The van der Waals surface area contributed by atoms with E-state index in [0.29, 0.717) is 19.1 Å². The molecule has 0 amide bonds. The minimum Gasteiger partial charge on any atom is -0.357 e. The van der Waals surface area contributed by atoms with Gasteiger partial charge in [0.05, 0.1) is 13.1 Å². The first-order chi connectivity index (χ1) is 13.7. The number of piperidine rings is 1. The Morgan fingerprint density at radius 1 is 1.24 bits per heavy atom. The highest BCUT2D eigenvalue weighted by Crippen LogP contribution is 2.21. The Morgan fingerprint density at radius 2 is 2.03 bits per heavy atom. The van der Waals surface area contributed by atoms with Gasteiger partial charge in [0.15, 0.2) is 5.96 Å². The summed E-state index contributed by atoms with van der Waals surface area (Å²) in [6.45, 7) is 11.0. The van der Waals surface area contributed by atoms with Gasteiger partial charge < -0.3 is 10.6 Å². The zero-order valence-corrected chi connectivity index (χ0v) is 20.9. The van der Waals surface area contributed by atoms with Crippen molar-refractivity contribution >= 4 is 41.3 Å². The standard InChI is InChI=1S/C22H33N5S.HI/c1-4-23-22(26-15-21-24-13-18(3)28-21)25-14-19-10-5-6-11-20(19)16-27-12-8-7-9-17(27)2;/h5-6,10-11,13,17H,4,7-9,12,14-16H2,1-3H3,(H2,23,25,26);1H. The van der Waals surface area contributed by atoms with Crippen molar-refractivity contribution in [2.75, 3.05) is 13.1 Å². The van der Waals surface area contributed by atoms with Crippen molar-refractivity contribution in [1.82, 2.24) is 20.5 Å². The molecular weight excluding hydrogens is 493 g/mol. The van der Waals surface area contributed by atoms with E-state index in [0.717, 1.165) is 24.1 Å². The quantitative estimate of drug-likeness (QED) is 0.312. The largest absolute Gasteiger partial charge is 0.357 e. The summed E-state index contributed by atoms with van der Waals surface area (Å²) in [6.07, 6.45) is 5.91. The van der Waals surface area contributed by atoms with Crippen molar-refractivity contribution < 1.29 is 0 Å². The summed E-state index contributed by atoms with van der Waals surface area (Å²) in [5, 5.41) is 7.83. The lowest BCUT2D eigenvalue weighted by Crippen LogP contribution is -2.37. The van der Waals surface area contributed by atoms with Crippen LogP contribution in [0.15, 0.2) is 35.5 Å². The van der Waals surface area contributed by atoms with Crippen LogP contribution in [0.2, 0.25) is 0 Å². The van der Waals surface area contributed by atoms with Crippen LogP contribution in [-0.2, 0) is 19.6 Å². The van der Waals surface area contributed by atoms with Crippen molar-refractivity contribution in [3.8, 4) is 0 Å². The number of hydrogen-bond donors (Lipinski definition) is 2. The number of aryl methyl sites for hydroxylation is 1. The summed E-state index contributed by atoms with van der Waals surface area (Å²) in [5.74, 6) is 0.844. The molecule has 7 heteroatoms. The monoisotopic (exact) mass is 527 g/mol. The number of hydrogen-bond acceptors (Lipinski definition) is 4. The fourth-order valence-corrected chi connectivity index (χ4v) is 4.35. The third-order valence-electron chi connectivity index (χ3n) is 5.26. The van der Waals surface area contributed by atoms with Crippen LogP contribution in [0, 0.1) is 6.92 Å². The van der Waals surface area contributed by atoms with E-state index in [-0.39, 0.29) is 24.0 Å². The van der Waals surface area contributed by atoms with Crippen LogP contribution in [0.3, 0.4) is 0 Å². The smallest absolute Gasteiger partial charge is 0.191 e. The Kier molecular flexibility index (Phi) is 10.4. The molecule has 1 fully saturated rings. The summed E-state index contributed by atoms with van der Waals surface area (Å²) >= 11 is 1.72. The van der Waals surface area contributed by atoms with E-state index in [2.05, 4.69) is 65.6 Å². The summed E-state index contributed by atoms with van der Waals surface area (Å²) in [4.78, 5) is 13.1. The molecule has 1 atom stereocenters. The maximum Gasteiger partial charge on any atom is 0.191 e. The Balaban J connectivity index is 0.00000300. The number of thiazole rings is 1. The van der Waals surface area contributed by atoms with Gasteiger partial charge >= 0.3 is 0 Å². The van der Waals surface area contributed by atoms with Crippen LogP contribution in [0.1, 0.15) is 54.1 Å². The molecule has 0 bridgehead atoms. The topological polar surface area (TPSA) is 52.6 Å². The first-order valence-corrected chi connectivity index (χ1v) is 11.2. The second-order valence-electron chi connectivity index (χ2n) is 7.50. The number of likely N-dealkylation sites (tertiary alicyclic amines) is 1. The van der Waals surface area contributed by atoms with Gasteiger partial charge in [0.25, 0.3) is 0 Å². The molecule has 2 aromatic rings. The van der Waals surface area contributed by atoms with E-state index in [4.69, 9.17) is 4.99 Å². The number of guanidine groups is 1. The lowest BCUT2D eigenvalue weighted by atomic mass is 10.0. The number of rotatable bonds is 7. The Hall–Kier alpha value is -1.19. The second kappa shape index (κ2) is 12.5. The van der Waals surface area contributed by atoms with Gasteiger partial charge in [-0.1, -0.05) is 30.7 Å². The van der Waals surface area contributed by atoms with E-state index in [1.807, 2.05) is 6.20 Å². The van der Waals surface area contributed by atoms with Crippen LogP contribution in [0.4, 0.5) is 0 Å². The van der Waals surface area contributed by atoms with Gasteiger partial charge in [-0.15, -0.1) is 35.3 Å². The molecule has 1 aliphatic heterocycles. The summed E-state index contributed by atoms with van der Waals surface area (Å²) < 4.78 is 0. The number of aromatic nitrogens is 1. The Morgan fingerprint density at radius 3 is 2.72 bits per heavy atom. The molecular formula is C22H34IN5S. The average molecular weight is 528 g/mol. The maximum atomic E-state index is 4.83. The van der Waals surface area contributed by atoms with E-state index >= 15 is 0 Å². The molecule has 5 nitrogen and oxygen atoms in total. The van der Waals surface area contributed by atoms with Crippen LogP contribution >= 0.6 is 35.3 Å². The lowest BCUT2D eigenvalue weighted by Gasteiger charge is -2.33. The summed E-state index contributed by atoms with van der Waals surface area (Å²) in [7, 11) is 0. The molecule has 1 aromatic heterocycles. The molecule has 0 saturated carbocycles. The minimum atomic E-state index is 0. The first-order valence-electron chi connectivity index (χ1n) is 10.4. The molecule has 0 aliphatic carbocycles. The van der Waals surface area contributed by atoms with Crippen molar-refractivity contribution in [2.24, 2.45) is 4.99 Å². The van der Waals surface area contributed by atoms with Crippen LogP contribution in [0.25, 0.3) is 0 Å². The van der Waals surface area contributed by atoms with Gasteiger partial charge in [0.1, 0.15) is 5.01 Å². The van der Waals surface area contributed by atoms with Gasteiger partial charge in [-0.2, -0.15) is 0 Å². The van der Waals surface area contributed by atoms with E-state index < -0.39 is 0 Å². The molecule has 29 heavy (non-hydrogen) atoms. The van der Waals surface area contributed by atoms with Crippen LogP contribution < -0.4 is 10.6 Å². The fraction of sp³-hybridized carbons (Fsp3) is 0.545. The number of nitrogens with one attached hydrogen (secondary N) is 2. The van der Waals surface area contributed by atoms with E-state index in [1.165, 1.54) is 41.8 Å². The van der Waals surface area contributed by atoms with Gasteiger partial charge in [0.2, 0.25) is 0 Å². The molecule has 1 unspecified atom stereocenters. The van der Waals surface area contributed by atoms with Crippen LogP contribution in [-0.4, -0.2) is 35.0 Å². The van der Waals surface area contributed by atoms with Crippen molar-refractivity contribution in [3.05, 3.63) is 51.5 Å². The predicted molar refractivity (Wildman–Crippen MR) is 134 cm³/mol. The van der Waals surface area contributed by atoms with Gasteiger partial charge in [-0.25, -0.2) is 9.98 Å². The fourth-order valence-electron chi connectivity index (χ4n) is 3.63. The highest BCUT2D eigenvalue weighted by molar-refractivity contribution is 14.0. The maximum absolute atomic E-state index is 4.83. The minimum absolute atomic E-state index is 0. The molecule has 3 rings (SSSR count). The zero-order chi connectivity index (χ0) is 19.8. The van der Waals surface area contributed by atoms with E-state index in [1.54, 1.807) is 11.3 Å². The molecule has 2 N–H and O–H groups in total. The third kappa shape index (κ3) is 7.53. The predicted octanol–water partition coefficient (Wildman–Crippen LogP) is 4.70. The average Bonchev–Trinajstić information content (AvgIpc) is 3.12. The Bertz CT molecular complexity index is 776. The summed E-state index contributed by atoms with van der Waals surface area (Å²) in [5.41, 5.74) is 2.70. The number of halogens is 1. The van der Waals surface area contributed by atoms with Gasteiger partial charge in [-0.05, 0) is 51.3 Å². The molecule has 1 aromatic carbocycles.